The van der Waals surface area contributed by atoms with Crippen LogP contribution in [-0.4, -0.2) is 34.2 Å². The molecule has 42 heavy (non-hydrogen) atoms. The number of anilines is 2. The number of nitrogens with one attached hydrogen (secondary N) is 2. The highest BCUT2D eigenvalue weighted by atomic mass is 32.1. The van der Waals surface area contributed by atoms with Gasteiger partial charge in [-0.15, -0.1) is 11.3 Å². The van der Waals surface area contributed by atoms with E-state index >= 15 is 0 Å². The molecule has 8 nitrogen and oxygen atoms in total. The number of hydrogen-bond acceptors (Lipinski definition) is 7. The Labute approximate surface area is 249 Å². The van der Waals surface area contributed by atoms with Crippen molar-refractivity contribution >= 4 is 52.0 Å². The third-order valence-electron chi connectivity index (χ3n) is 7.77. The molecule has 2 saturated carbocycles. The molecule has 13 heteroatoms. The highest BCUT2D eigenvalue weighted by Crippen LogP contribution is 2.38. The highest BCUT2D eigenvalue weighted by molar-refractivity contribution is 7.10. The number of nitrogen functional groups attached to an aromatic ring is 1. The summed E-state index contributed by atoms with van der Waals surface area (Å²) in [6.45, 7) is 0. The van der Waals surface area contributed by atoms with Crippen LogP contribution in [0, 0.1) is 0 Å². The van der Waals surface area contributed by atoms with Crippen LogP contribution in [0.2, 0.25) is 0 Å². The first-order valence-electron chi connectivity index (χ1n) is 14.0. The van der Waals surface area contributed by atoms with Gasteiger partial charge in [0.2, 0.25) is 5.91 Å². The van der Waals surface area contributed by atoms with Crippen molar-refractivity contribution in [3.63, 3.8) is 0 Å². The Bertz CT molecular complexity index is 1410. The Hall–Kier alpha value is -3.45. The first kappa shape index (κ1) is 30.0. The van der Waals surface area contributed by atoms with Crippen molar-refractivity contribution in [3.05, 3.63) is 62.8 Å². The van der Waals surface area contributed by atoms with E-state index in [1.807, 2.05) is 0 Å². The van der Waals surface area contributed by atoms with Crippen LogP contribution in [0.5, 0.6) is 0 Å². The molecule has 0 aliphatic heterocycles. The zero-order chi connectivity index (χ0) is 29.9. The largest absolute Gasteiger partial charge is 0.416 e. The summed E-state index contributed by atoms with van der Waals surface area (Å²) in [6, 6.07) is 6.27. The fourth-order valence-corrected chi connectivity index (χ4v) is 7.16. The van der Waals surface area contributed by atoms with E-state index < -0.39 is 35.5 Å². The number of nitrogens with two attached hydrogens (primary N) is 1. The van der Waals surface area contributed by atoms with Crippen molar-refractivity contribution in [2.75, 3.05) is 10.6 Å². The van der Waals surface area contributed by atoms with Crippen molar-refractivity contribution in [2.45, 2.75) is 82.1 Å². The summed E-state index contributed by atoms with van der Waals surface area (Å²) in [6.07, 6.45) is 3.57. The third-order valence-corrected chi connectivity index (χ3v) is 9.54. The average molecular weight is 620 g/mol. The fourth-order valence-electron chi connectivity index (χ4n) is 5.61. The minimum absolute atomic E-state index is 0.0180. The van der Waals surface area contributed by atoms with Gasteiger partial charge in [-0.1, -0.05) is 44.2 Å². The summed E-state index contributed by atoms with van der Waals surface area (Å²) in [5.41, 5.74) is 4.94. The Kier molecular flexibility index (Phi) is 9.16. The number of halogens is 3. The Morgan fingerprint density at radius 2 is 1.62 bits per heavy atom. The van der Waals surface area contributed by atoms with Crippen molar-refractivity contribution in [2.24, 2.45) is 0 Å². The molecule has 3 aromatic rings. The molecule has 2 fully saturated rings. The van der Waals surface area contributed by atoms with Crippen molar-refractivity contribution in [1.29, 1.82) is 0 Å². The summed E-state index contributed by atoms with van der Waals surface area (Å²) >= 11 is 1.90. The van der Waals surface area contributed by atoms with E-state index in [1.165, 1.54) is 23.5 Å². The number of carbonyl (C=O) groups is 3. The lowest BCUT2D eigenvalue weighted by Gasteiger charge is -2.31. The van der Waals surface area contributed by atoms with E-state index in [2.05, 4.69) is 15.0 Å². The van der Waals surface area contributed by atoms with Crippen LogP contribution >= 0.6 is 22.9 Å². The van der Waals surface area contributed by atoms with Gasteiger partial charge in [0.15, 0.2) is 11.7 Å². The second-order valence-electron chi connectivity index (χ2n) is 10.7. The fraction of sp³-hybridized carbons (Fsp3) is 0.448. The van der Waals surface area contributed by atoms with E-state index in [4.69, 9.17) is 5.73 Å². The lowest BCUT2D eigenvalue weighted by atomic mass is 9.95. The Morgan fingerprint density at radius 1 is 0.952 bits per heavy atom. The average Bonchev–Trinajstić information content (AvgIpc) is 3.74. The van der Waals surface area contributed by atoms with Gasteiger partial charge >= 0.3 is 6.18 Å². The smallest absolute Gasteiger partial charge is 0.395 e. The number of benzene rings is 1. The Morgan fingerprint density at radius 3 is 2.26 bits per heavy atom. The van der Waals surface area contributed by atoms with Crippen LogP contribution in [0.1, 0.15) is 94.4 Å². The number of thiophene rings is 1. The molecular formula is C29H32F3N5O3S2. The maximum Gasteiger partial charge on any atom is 0.416 e. The first-order chi connectivity index (χ1) is 20.1. The molecule has 3 amide bonds. The monoisotopic (exact) mass is 619 g/mol. The summed E-state index contributed by atoms with van der Waals surface area (Å²) in [5, 5.41) is 7.66. The SMILES string of the molecule is Nc1c(C(=O)NC2CCCCC2)nsc1C(=O)N(c1cccc(C(F)(F)F)c1)C(C(=O)NC1CCCC1)c1cccs1. The third kappa shape index (κ3) is 6.62. The molecular weight excluding hydrogens is 587 g/mol. The molecule has 0 saturated heterocycles. The molecule has 1 unspecified atom stereocenters. The second kappa shape index (κ2) is 12.8. The van der Waals surface area contributed by atoms with Gasteiger partial charge in [0.25, 0.3) is 11.8 Å². The van der Waals surface area contributed by atoms with Gasteiger partial charge in [0.05, 0.1) is 11.3 Å². The quantitative estimate of drug-likeness (QED) is 0.273. The number of hydrogen-bond donors (Lipinski definition) is 3. The molecule has 0 radical (unpaired) electrons. The van der Waals surface area contributed by atoms with E-state index in [0.29, 0.717) is 16.4 Å². The van der Waals surface area contributed by atoms with Crippen molar-refractivity contribution in [3.8, 4) is 0 Å². The topological polar surface area (TPSA) is 117 Å². The molecule has 0 spiro atoms. The number of carbonyl (C=O) groups excluding carboxylic acids is 3. The molecule has 4 N–H and O–H groups in total. The lowest BCUT2D eigenvalue weighted by molar-refractivity contribution is -0.137. The van der Waals surface area contributed by atoms with Gasteiger partial charge < -0.3 is 16.4 Å². The van der Waals surface area contributed by atoms with Crippen LogP contribution in [0.3, 0.4) is 0 Å². The number of alkyl halides is 3. The zero-order valence-corrected chi connectivity index (χ0v) is 24.4. The van der Waals surface area contributed by atoms with Crippen LogP contribution in [0.4, 0.5) is 24.5 Å². The predicted molar refractivity (Wildman–Crippen MR) is 157 cm³/mol. The van der Waals surface area contributed by atoms with Gasteiger partial charge in [-0.3, -0.25) is 19.3 Å². The van der Waals surface area contributed by atoms with Gasteiger partial charge in [0, 0.05) is 22.6 Å². The standard InChI is InChI=1S/C29H32F3N5O3S2/c30-29(31,32)17-8-6-13-20(16-17)37(24(21-14-7-15-41-21)27(39)35-19-11-4-5-12-19)28(40)25-22(33)23(36-42-25)26(38)34-18-9-2-1-3-10-18/h6-8,13-16,18-19,24H,1-5,9-12,33H2,(H,34,38)(H,35,39). The zero-order valence-electron chi connectivity index (χ0n) is 22.8. The van der Waals surface area contributed by atoms with E-state index in [1.54, 1.807) is 17.5 Å². The summed E-state index contributed by atoms with van der Waals surface area (Å²) < 4.78 is 45.4. The molecule has 0 bridgehead atoms. The maximum absolute atomic E-state index is 14.3. The van der Waals surface area contributed by atoms with Gasteiger partial charge in [-0.25, -0.2) is 0 Å². The van der Waals surface area contributed by atoms with Crippen LogP contribution in [-0.2, 0) is 11.0 Å². The number of amides is 3. The van der Waals surface area contributed by atoms with Crippen LogP contribution < -0.4 is 21.3 Å². The number of aromatic nitrogens is 1. The molecule has 2 aliphatic carbocycles. The highest BCUT2D eigenvalue weighted by Gasteiger charge is 2.39. The summed E-state index contributed by atoms with van der Waals surface area (Å²) in [4.78, 5) is 42.5. The minimum atomic E-state index is -4.68. The molecule has 2 aliphatic rings. The van der Waals surface area contributed by atoms with Crippen molar-refractivity contribution in [1.82, 2.24) is 15.0 Å². The van der Waals surface area contributed by atoms with Crippen molar-refractivity contribution < 1.29 is 27.6 Å². The first-order valence-corrected chi connectivity index (χ1v) is 15.7. The van der Waals surface area contributed by atoms with E-state index in [-0.39, 0.29) is 34.0 Å². The normalized spacial score (nSPS) is 17.1. The summed E-state index contributed by atoms with van der Waals surface area (Å²) in [7, 11) is 0. The lowest BCUT2D eigenvalue weighted by Crippen LogP contribution is -2.46. The predicted octanol–water partition coefficient (Wildman–Crippen LogP) is 6.32. The minimum Gasteiger partial charge on any atom is -0.395 e. The molecule has 5 rings (SSSR count). The van der Waals surface area contributed by atoms with Crippen LogP contribution in [0.15, 0.2) is 41.8 Å². The molecule has 2 heterocycles. The molecule has 1 atom stereocenters. The molecule has 2 aromatic heterocycles. The second-order valence-corrected chi connectivity index (χ2v) is 12.5. The van der Waals surface area contributed by atoms with Gasteiger partial charge in [-0.2, -0.15) is 17.5 Å². The Balaban J connectivity index is 1.54. The van der Waals surface area contributed by atoms with Gasteiger partial charge in [0.1, 0.15) is 4.88 Å². The van der Waals surface area contributed by atoms with E-state index in [0.717, 1.165) is 74.8 Å². The van der Waals surface area contributed by atoms with Gasteiger partial charge in [-0.05, 0) is 66.9 Å². The van der Waals surface area contributed by atoms with Crippen LogP contribution in [0.25, 0.3) is 0 Å². The van der Waals surface area contributed by atoms with E-state index in [9.17, 15) is 27.6 Å². The number of nitrogens with zero attached hydrogens (tertiary/aromatic N) is 2. The molecule has 1 aromatic carbocycles. The number of rotatable bonds is 8. The maximum atomic E-state index is 14.3. The summed E-state index contributed by atoms with van der Waals surface area (Å²) in [5.74, 6) is -1.83. The molecule has 224 valence electrons.